The highest BCUT2D eigenvalue weighted by atomic mass is 16.6. The van der Waals surface area contributed by atoms with Crippen molar-refractivity contribution in [1.82, 2.24) is 14.9 Å². The number of rotatable bonds is 3. The molecule has 1 N–H and O–H groups in total. The third kappa shape index (κ3) is 3.52. The van der Waals surface area contributed by atoms with E-state index in [9.17, 15) is 9.59 Å². The van der Waals surface area contributed by atoms with E-state index in [1.54, 1.807) is 9.80 Å². The summed E-state index contributed by atoms with van der Waals surface area (Å²) in [6.45, 7) is 5.11. The minimum atomic E-state index is -0.540. The third-order valence-corrected chi connectivity index (χ3v) is 4.71. The van der Waals surface area contributed by atoms with Gasteiger partial charge in [-0.1, -0.05) is 19.0 Å². The molecule has 1 amide bonds. The summed E-state index contributed by atoms with van der Waals surface area (Å²) in [5, 5.41) is 4.04. The fourth-order valence-electron chi connectivity index (χ4n) is 3.10. The molecule has 0 bridgehead atoms. The lowest BCUT2D eigenvalue weighted by Gasteiger charge is -2.22. The molecule has 8 heteroatoms. The van der Waals surface area contributed by atoms with Gasteiger partial charge in [0.2, 0.25) is 12.1 Å². The van der Waals surface area contributed by atoms with Crippen LogP contribution >= 0.6 is 0 Å². The first kappa shape index (κ1) is 17.4. The van der Waals surface area contributed by atoms with Crippen molar-refractivity contribution in [2.24, 2.45) is 11.1 Å². The Labute approximate surface area is 146 Å². The van der Waals surface area contributed by atoms with Gasteiger partial charge in [-0.05, 0) is 12.3 Å². The number of oxime groups is 1. The Kier molecular flexibility index (Phi) is 4.78. The summed E-state index contributed by atoms with van der Waals surface area (Å²) in [6, 6.07) is 0. The van der Waals surface area contributed by atoms with Gasteiger partial charge < -0.3 is 14.6 Å². The van der Waals surface area contributed by atoms with Gasteiger partial charge in [0.15, 0.2) is 0 Å². The summed E-state index contributed by atoms with van der Waals surface area (Å²) in [4.78, 5) is 41.3. The zero-order valence-corrected chi connectivity index (χ0v) is 15.2. The van der Waals surface area contributed by atoms with E-state index in [4.69, 9.17) is 4.84 Å². The lowest BCUT2D eigenvalue weighted by molar-refractivity contribution is -0.142. The van der Waals surface area contributed by atoms with Crippen molar-refractivity contribution in [2.45, 2.75) is 39.2 Å². The van der Waals surface area contributed by atoms with Gasteiger partial charge in [-0.3, -0.25) is 14.6 Å². The average Bonchev–Trinajstić information content (AvgIpc) is 2.96. The summed E-state index contributed by atoms with van der Waals surface area (Å²) in [6.07, 6.45) is 1.07. The summed E-state index contributed by atoms with van der Waals surface area (Å²) in [7, 11) is 3.67. The van der Waals surface area contributed by atoms with Crippen LogP contribution in [0.3, 0.4) is 0 Å². The highest BCUT2D eigenvalue weighted by Crippen LogP contribution is 2.20. The SMILES string of the molecule is CC(C)C1=NO[C@@H](C(=O)N2CCc3nc(N(C)C)[nH]c(=O)c3CC2)C1. The number of carbonyl (C=O) groups excluding carboxylic acids is 1. The number of anilines is 1. The number of carbonyl (C=O) groups is 1. The molecule has 136 valence electrons. The second kappa shape index (κ2) is 6.85. The van der Waals surface area contributed by atoms with Crippen molar-refractivity contribution >= 4 is 17.6 Å². The minimum absolute atomic E-state index is 0.0588. The quantitative estimate of drug-likeness (QED) is 0.863. The normalized spacial score (nSPS) is 20.0. The minimum Gasteiger partial charge on any atom is -0.382 e. The zero-order chi connectivity index (χ0) is 18.1. The zero-order valence-electron chi connectivity index (χ0n) is 15.2. The molecule has 3 heterocycles. The molecule has 0 spiro atoms. The molecule has 0 aliphatic carbocycles. The lowest BCUT2D eigenvalue weighted by Crippen LogP contribution is -2.41. The largest absolute Gasteiger partial charge is 0.382 e. The fraction of sp³-hybridized carbons (Fsp3) is 0.647. The van der Waals surface area contributed by atoms with Crippen molar-refractivity contribution in [3.8, 4) is 0 Å². The second-order valence-electron chi connectivity index (χ2n) is 7.07. The highest BCUT2D eigenvalue weighted by molar-refractivity contribution is 5.93. The van der Waals surface area contributed by atoms with Gasteiger partial charge in [-0.15, -0.1) is 0 Å². The number of H-pyrrole nitrogens is 1. The van der Waals surface area contributed by atoms with Crippen LogP contribution < -0.4 is 10.5 Å². The maximum Gasteiger partial charge on any atom is 0.266 e. The Bertz CT molecular complexity index is 753. The topological polar surface area (TPSA) is 90.9 Å². The van der Waals surface area contributed by atoms with Crippen LogP contribution in [0, 0.1) is 5.92 Å². The summed E-state index contributed by atoms with van der Waals surface area (Å²) in [5.74, 6) is 0.757. The van der Waals surface area contributed by atoms with Crippen LogP contribution in [-0.4, -0.2) is 59.8 Å². The molecule has 2 aliphatic rings. The van der Waals surface area contributed by atoms with Gasteiger partial charge in [-0.25, -0.2) is 4.98 Å². The third-order valence-electron chi connectivity index (χ3n) is 4.71. The molecule has 0 fully saturated rings. The summed E-state index contributed by atoms with van der Waals surface area (Å²) in [5.41, 5.74) is 2.25. The van der Waals surface area contributed by atoms with Crippen LogP contribution in [0.25, 0.3) is 0 Å². The molecule has 0 saturated carbocycles. The van der Waals surface area contributed by atoms with Crippen molar-refractivity contribution < 1.29 is 9.63 Å². The number of aromatic amines is 1. The Balaban J connectivity index is 1.71. The van der Waals surface area contributed by atoms with Gasteiger partial charge in [-0.2, -0.15) is 0 Å². The Morgan fingerprint density at radius 1 is 1.32 bits per heavy atom. The van der Waals surface area contributed by atoms with E-state index in [2.05, 4.69) is 15.1 Å². The number of nitrogens with zero attached hydrogens (tertiary/aromatic N) is 4. The van der Waals surface area contributed by atoms with Crippen molar-refractivity contribution in [2.75, 3.05) is 32.1 Å². The molecule has 2 aliphatic heterocycles. The molecule has 1 aromatic rings. The van der Waals surface area contributed by atoms with Crippen molar-refractivity contribution in [3.05, 3.63) is 21.6 Å². The predicted molar refractivity (Wildman–Crippen MR) is 94.9 cm³/mol. The first-order valence-corrected chi connectivity index (χ1v) is 8.67. The van der Waals surface area contributed by atoms with Gasteiger partial charge in [0, 0.05) is 45.6 Å². The van der Waals surface area contributed by atoms with Gasteiger partial charge in [0.25, 0.3) is 11.5 Å². The standard InChI is InChI=1S/C17H25N5O3/c1-10(2)13-9-14(25-20-13)16(24)22-7-5-11-12(6-8-22)18-17(21(3)4)19-15(11)23/h10,14H,5-9H2,1-4H3,(H,18,19,23)/t14-/m1/s1. The van der Waals surface area contributed by atoms with Crippen LogP contribution in [-0.2, 0) is 22.5 Å². The molecular weight excluding hydrogens is 322 g/mol. The number of hydrogen-bond donors (Lipinski definition) is 1. The second-order valence-corrected chi connectivity index (χ2v) is 7.07. The summed E-state index contributed by atoms with van der Waals surface area (Å²) < 4.78 is 0. The number of hydrogen-bond acceptors (Lipinski definition) is 6. The van der Waals surface area contributed by atoms with Gasteiger partial charge in [0.1, 0.15) is 0 Å². The monoisotopic (exact) mass is 347 g/mol. The van der Waals surface area contributed by atoms with Crippen LogP contribution in [0.2, 0.25) is 0 Å². The molecule has 1 aromatic heterocycles. The van der Waals surface area contributed by atoms with Crippen LogP contribution in [0.1, 0.15) is 31.5 Å². The Morgan fingerprint density at radius 2 is 2.04 bits per heavy atom. The molecule has 25 heavy (non-hydrogen) atoms. The fourth-order valence-corrected chi connectivity index (χ4v) is 3.10. The van der Waals surface area contributed by atoms with Crippen molar-refractivity contribution in [1.29, 1.82) is 0 Å². The average molecular weight is 347 g/mol. The lowest BCUT2D eigenvalue weighted by atomic mass is 10.0. The van der Waals surface area contributed by atoms with Gasteiger partial charge >= 0.3 is 0 Å². The Hall–Kier alpha value is -2.38. The predicted octanol–water partition coefficient (Wildman–Crippen LogP) is 0.564. The number of nitrogens with one attached hydrogen (secondary N) is 1. The maximum absolute atomic E-state index is 12.7. The summed E-state index contributed by atoms with van der Waals surface area (Å²) >= 11 is 0. The molecule has 0 aromatic carbocycles. The first-order chi connectivity index (χ1) is 11.9. The molecule has 1 atom stereocenters. The van der Waals surface area contributed by atoms with E-state index >= 15 is 0 Å². The van der Waals surface area contributed by atoms with E-state index in [0.717, 1.165) is 11.4 Å². The van der Waals surface area contributed by atoms with Crippen LogP contribution in [0.15, 0.2) is 9.95 Å². The molecule has 3 rings (SSSR count). The molecule has 0 radical (unpaired) electrons. The first-order valence-electron chi connectivity index (χ1n) is 8.67. The number of amides is 1. The van der Waals surface area contributed by atoms with Crippen LogP contribution in [0.4, 0.5) is 5.95 Å². The highest BCUT2D eigenvalue weighted by Gasteiger charge is 2.33. The molecule has 0 saturated heterocycles. The van der Waals surface area contributed by atoms with Crippen LogP contribution in [0.5, 0.6) is 0 Å². The smallest absolute Gasteiger partial charge is 0.266 e. The number of fused-ring (bicyclic) bond motifs is 1. The van der Waals surface area contributed by atoms with E-state index in [0.29, 0.717) is 43.9 Å². The van der Waals surface area contributed by atoms with E-state index in [-0.39, 0.29) is 17.4 Å². The van der Waals surface area contributed by atoms with Crippen molar-refractivity contribution in [3.63, 3.8) is 0 Å². The van der Waals surface area contributed by atoms with E-state index in [1.807, 2.05) is 27.9 Å². The Morgan fingerprint density at radius 3 is 2.68 bits per heavy atom. The maximum atomic E-state index is 12.7. The molecule has 8 nitrogen and oxygen atoms in total. The number of aromatic nitrogens is 2. The molecule has 0 unspecified atom stereocenters. The van der Waals surface area contributed by atoms with E-state index in [1.165, 1.54) is 0 Å². The molecular formula is C17H25N5O3. The van der Waals surface area contributed by atoms with Gasteiger partial charge in [0.05, 0.1) is 11.4 Å². The van der Waals surface area contributed by atoms with E-state index < -0.39 is 6.10 Å².